The smallest absolute Gasteiger partial charge is 0.273 e. The summed E-state index contributed by atoms with van der Waals surface area (Å²) in [6.45, 7) is 1.94. The second-order valence-electron chi connectivity index (χ2n) is 5.77. The van der Waals surface area contributed by atoms with Crippen LogP contribution in [0.5, 0.6) is 0 Å². The molecule has 124 valence electrons. The Hall–Kier alpha value is -2.37. The number of nitrogens with one attached hydrogen (secondary N) is 1. The summed E-state index contributed by atoms with van der Waals surface area (Å²) in [7, 11) is 0. The molecule has 4 nitrogen and oxygen atoms in total. The van der Waals surface area contributed by atoms with E-state index in [1.165, 1.54) is 10.6 Å². The number of aryl methyl sites for hydroxylation is 1. The zero-order chi connectivity index (χ0) is 17.6. The van der Waals surface area contributed by atoms with Crippen molar-refractivity contribution in [2.75, 3.05) is 0 Å². The van der Waals surface area contributed by atoms with Crippen molar-refractivity contribution in [2.45, 2.75) is 6.92 Å². The van der Waals surface area contributed by atoms with Gasteiger partial charge in [0, 0.05) is 32.4 Å². The van der Waals surface area contributed by atoms with Gasteiger partial charge in [0.2, 0.25) is 0 Å². The number of nitrogens with zero attached hydrogens (tertiary/aromatic N) is 2. The number of aromatic amines is 1. The van der Waals surface area contributed by atoms with Gasteiger partial charge in [-0.25, -0.2) is 9.50 Å². The van der Waals surface area contributed by atoms with Gasteiger partial charge in [-0.1, -0.05) is 51.8 Å². The topological polar surface area (TPSA) is 50.2 Å². The number of hydrogen-bond donors (Lipinski definition) is 1. The quantitative estimate of drug-likeness (QED) is 0.497. The Kier molecular flexibility index (Phi) is 3.98. The Morgan fingerprint density at radius 1 is 1.08 bits per heavy atom. The maximum Gasteiger partial charge on any atom is 0.273 e. The maximum absolute atomic E-state index is 12.6. The van der Waals surface area contributed by atoms with Gasteiger partial charge in [0.25, 0.3) is 5.56 Å². The van der Waals surface area contributed by atoms with Gasteiger partial charge in [-0.15, -0.1) is 0 Å². The first-order valence-electron chi connectivity index (χ1n) is 7.67. The van der Waals surface area contributed by atoms with Crippen LogP contribution in [0, 0.1) is 6.92 Å². The lowest BCUT2D eigenvalue weighted by Crippen LogP contribution is -2.14. The third-order valence-electron chi connectivity index (χ3n) is 4.05. The minimum absolute atomic E-state index is 0.161. The van der Waals surface area contributed by atoms with Crippen molar-refractivity contribution in [3.8, 4) is 22.4 Å². The van der Waals surface area contributed by atoms with Crippen molar-refractivity contribution in [3.05, 3.63) is 80.1 Å². The molecule has 0 aliphatic heterocycles. The molecule has 0 aliphatic rings. The molecule has 2 aromatic carbocycles. The zero-order valence-corrected chi connectivity index (χ0v) is 15.6. The van der Waals surface area contributed by atoms with Gasteiger partial charge in [0.05, 0.1) is 5.69 Å². The number of aromatic nitrogens is 3. The number of hydrogen-bond acceptors (Lipinski definition) is 2. The highest BCUT2D eigenvalue weighted by atomic mass is 79.9. The third-order valence-corrected chi connectivity index (χ3v) is 4.81. The molecule has 0 unspecified atom stereocenters. The summed E-state index contributed by atoms with van der Waals surface area (Å²) in [5, 5.41) is 3.71. The van der Waals surface area contributed by atoms with E-state index in [-0.39, 0.29) is 5.56 Å². The minimum atomic E-state index is -0.161. The summed E-state index contributed by atoms with van der Waals surface area (Å²) in [5.41, 5.74) is 4.64. The zero-order valence-electron chi connectivity index (χ0n) is 13.3. The van der Waals surface area contributed by atoms with E-state index in [0.717, 1.165) is 26.9 Å². The van der Waals surface area contributed by atoms with Gasteiger partial charge < -0.3 is 0 Å². The molecule has 0 radical (unpaired) electrons. The van der Waals surface area contributed by atoms with Crippen LogP contribution in [0.25, 0.3) is 28.0 Å². The molecular weight excluding hydrogens is 402 g/mol. The summed E-state index contributed by atoms with van der Waals surface area (Å²) >= 11 is 9.52. The van der Waals surface area contributed by atoms with Crippen LogP contribution in [-0.4, -0.2) is 14.6 Å². The first kappa shape index (κ1) is 16.1. The lowest BCUT2D eigenvalue weighted by atomic mass is 10.1. The van der Waals surface area contributed by atoms with E-state index in [1.54, 1.807) is 12.1 Å². The Bertz CT molecular complexity index is 1150. The van der Waals surface area contributed by atoms with E-state index in [0.29, 0.717) is 16.4 Å². The SMILES string of the molecule is Cc1[nH]n2c(=O)cc(-c3cccc(Cl)c3)nc2c1-c1ccc(Br)cc1. The normalized spacial score (nSPS) is 11.2. The minimum Gasteiger partial charge on any atom is -0.293 e. The van der Waals surface area contributed by atoms with Crippen LogP contribution in [0.4, 0.5) is 0 Å². The van der Waals surface area contributed by atoms with Gasteiger partial charge >= 0.3 is 0 Å². The van der Waals surface area contributed by atoms with E-state index in [2.05, 4.69) is 21.0 Å². The third kappa shape index (κ3) is 2.90. The van der Waals surface area contributed by atoms with Crippen molar-refractivity contribution < 1.29 is 0 Å². The van der Waals surface area contributed by atoms with Crippen molar-refractivity contribution in [1.82, 2.24) is 14.6 Å². The lowest BCUT2D eigenvalue weighted by Gasteiger charge is -2.04. The standard InChI is InChI=1S/C19H13BrClN3O/c1-11-18(12-5-7-14(20)8-6-12)19-22-16(10-17(25)24(19)23-11)13-3-2-4-15(21)9-13/h2-10,23H,1H3. The molecule has 0 saturated heterocycles. The summed E-state index contributed by atoms with van der Waals surface area (Å²) < 4.78 is 2.47. The summed E-state index contributed by atoms with van der Waals surface area (Å²) in [4.78, 5) is 17.3. The second-order valence-corrected chi connectivity index (χ2v) is 7.12. The summed E-state index contributed by atoms with van der Waals surface area (Å²) in [5.74, 6) is 0. The maximum atomic E-state index is 12.6. The molecular formula is C19H13BrClN3O. The van der Waals surface area contributed by atoms with Gasteiger partial charge in [0.1, 0.15) is 0 Å². The van der Waals surface area contributed by atoms with E-state index >= 15 is 0 Å². The van der Waals surface area contributed by atoms with E-state index < -0.39 is 0 Å². The van der Waals surface area contributed by atoms with Crippen LogP contribution in [0.15, 0.2) is 63.9 Å². The molecule has 0 amide bonds. The highest BCUT2D eigenvalue weighted by Gasteiger charge is 2.15. The van der Waals surface area contributed by atoms with Crippen LogP contribution in [0.2, 0.25) is 5.02 Å². The molecule has 2 heterocycles. The number of fused-ring (bicyclic) bond motifs is 1. The number of halogens is 2. The predicted octanol–water partition coefficient (Wildman–Crippen LogP) is 5.08. The number of H-pyrrole nitrogens is 1. The summed E-state index contributed by atoms with van der Waals surface area (Å²) in [6, 6.07) is 16.8. The van der Waals surface area contributed by atoms with Crippen molar-refractivity contribution in [2.24, 2.45) is 0 Å². The molecule has 0 spiro atoms. The van der Waals surface area contributed by atoms with E-state index in [9.17, 15) is 4.79 Å². The van der Waals surface area contributed by atoms with Crippen LogP contribution >= 0.6 is 27.5 Å². The molecule has 0 saturated carbocycles. The highest BCUT2D eigenvalue weighted by molar-refractivity contribution is 9.10. The monoisotopic (exact) mass is 413 g/mol. The van der Waals surface area contributed by atoms with Crippen molar-refractivity contribution in [1.29, 1.82) is 0 Å². The molecule has 6 heteroatoms. The largest absolute Gasteiger partial charge is 0.293 e. The van der Waals surface area contributed by atoms with Crippen LogP contribution < -0.4 is 5.56 Å². The molecule has 0 bridgehead atoms. The summed E-state index contributed by atoms with van der Waals surface area (Å²) in [6.07, 6.45) is 0. The van der Waals surface area contributed by atoms with Crippen LogP contribution in [-0.2, 0) is 0 Å². The van der Waals surface area contributed by atoms with Crippen LogP contribution in [0.1, 0.15) is 5.69 Å². The van der Waals surface area contributed by atoms with Gasteiger partial charge in [0.15, 0.2) is 5.65 Å². The Morgan fingerprint density at radius 2 is 1.84 bits per heavy atom. The first-order chi connectivity index (χ1) is 12.0. The molecule has 0 aliphatic carbocycles. The first-order valence-corrected chi connectivity index (χ1v) is 8.84. The average Bonchev–Trinajstić information content (AvgIpc) is 2.92. The van der Waals surface area contributed by atoms with E-state index in [1.807, 2.05) is 43.3 Å². The van der Waals surface area contributed by atoms with Gasteiger partial charge in [-0.05, 0) is 36.8 Å². The molecule has 25 heavy (non-hydrogen) atoms. The molecule has 2 aromatic heterocycles. The van der Waals surface area contributed by atoms with Crippen LogP contribution in [0.3, 0.4) is 0 Å². The fourth-order valence-corrected chi connectivity index (χ4v) is 3.36. The van der Waals surface area contributed by atoms with Gasteiger partial charge in [-0.2, -0.15) is 0 Å². The highest BCUT2D eigenvalue weighted by Crippen LogP contribution is 2.29. The van der Waals surface area contributed by atoms with Crippen molar-refractivity contribution >= 4 is 33.2 Å². The van der Waals surface area contributed by atoms with Crippen molar-refractivity contribution in [3.63, 3.8) is 0 Å². The van der Waals surface area contributed by atoms with E-state index in [4.69, 9.17) is 16.6 Å². The molecule has 1 N–H and O–H groups in total. The average molecular weight is 415 g/mol. The number of benzene rings is 2. The van der Waals surface area contributed by atoms with Gasteiger partial charge in [-0.3, -0.25) is 9.89 Å². The Labute approximate surface area is 157 Å². The Balaban J connectivity index is 2.00. The Morgan fingerprint density at radius 3 is 2.56 bits per heavy atom. The fourth-order valence-electron chi connectivity index (χ4n) is 2.91. The molecule has 0 fully saturated rings. The number of rotatable bonds is 2. The molecule has 0 atom stereocenters. The predicted molar refractivity (Wildman–Crippen MR) is 104 cm³/mol. The molecule has 4 aromatic rings. The lowest BCUT2D eigenvalue weighted by molar-refractivity contribution is 0.882. The second kappa shape index (κ2) is 6.17. The fraction of sp³-hybridized carbons (Fsp3) is 0.0526. The molecule has 4 rings (SSSR count).